The molecule has 2 aromatic rings. The third-order valence-electron chi connectivity index (χ3n) is 3.69. The molecule has 0 saturated heterocycles. The Morgan fingerprint density at radius 3 is 2.52 bits per heavy atom. The maximum absolute atomic E-state index is 8.84. The van der Waals surface area contributed by atoms with Crippen LogP contribution in [0.5, 0.6) is 5.75 Å². The van der Waals surface area contributed by atoms with Crippen molar-refractivity contribution in [1.82, 2.24) is 5.32 Å². The van der Waals surface area contributed by atoms with Gasteiger partial charge in [0.15, 0.2) is 6.19 Å². The normalized spacial score (nSPS) is 10.9. The second-order valence-corrected chi connectivity index (χ2v) is 6.28. The van der Waals surface area contributed by atoms with E-state index in [4.69, 9.17) is 27.4 Å². The third kappa shape index (κ3) is 8.29. The first kappa shape index (κ1) is 20.3. The van der Waals surface area contributed by atoms with Gasteiger partial charge in [-0.1, -0.05) is 22.7 Å². The van der Waals surface area contributed by atoms with Crippen molar-refractivity contribution in [3.05, 3.63) is 53.8 Å². The standard InChI is InChI=1S/C19H23ClN6O/c20-16-5-7-18(8-6-16)27-14-4-2-1-3-11-23-19(24-15-21)25-17-9-12-26(22)13-10-17/h5-10,12-13H,1-4,11,14,22H2,(H,23,24)/p+1. The molecule has 8 heteroatoms. The number of nitrogens with one attached hydrogen (secondary N) is 2. The van der Waals surface area contributed by atoms with Crippen LogP contribution in [-0.4, -0.2) is 19.1 Å². The molecular weight excluding hydrogens is 364 g/mol. The van der Waals surface area contributed by atoms with Crippen molar-refractivity contribution in [3.63, 3.8) is 0 Å². The molecule has 1 aromatic heterocycles. The van der Waals surface area contributed by atoms with Gasteiger partial charge in [0.05, 0.1) is 12.3 Å². The molecule has 1 heterocycles. The van der Waals surface area contributed by atoms with Gasteiger partial charge < -0.3 is 10.1 Å². The summed E-state index contributed by atoms with van der Waals surface area (Å²) >= 11 is 5.84. The summed E-state index contributed by atoms with van der Waals surface area (Å²) in [6, 6.07) is 11.0. The number of aromatic nitrogens is 1. The molecule has 4 N–H and O–H groups in total. The highest BCUT2D eigenvalue weighted by molar-refractivity contribution is 6.30. The van der Waals surface area contributed by atoms with Crippen molar-refractivity contribution < 1.29 is 9.41 Å². The van der Waals surface area contributed by atoms with Gasteiger partial charge in [0, 0.05) is 23.7 Å². The number of halogens is 1. The number of pyridine rings is 1. The zero-order chi connectivity index (χ0) is 19.3. The molecule has 0 bridgehead atoms. The van der Waals surface area contributed by atoms with Gasteiger partial charge >= 0.3 is 0 Å². The Hall–Kier alpha value is -2.98. The first-order valence-electron chi connectivity index (χ1n) is 8.79. The van der Waals surface area contributed by atoms with Crippen LogP contribution in [0.2, 0.25) is 5.02 Å². The monoisotopic (exact) mass is 387 g/mol. The van der Waals surface area contributed by atoms with E-state index < -0.39 is 0 Å². The lowest BCUT2D eigenvalue weighted by Gasteiger charge is -2.07. The minimum absolute atomic E-state index is 0.429. The highest BCUT2D eigenvalue weighted by Crippen LogP contribution is 2.15. The largest absolute Gasteiger partial charge is 0.494 e. The molecule has 0 aliphatic heterocycles. The fourth-order valence-corrected chi connectivity index (χ4v) is 2.43. The Kier molecular flexibility index (Phi) is 8.74. The van der Waals surface area contributed by atoms with E-state index in [9.17, 15) is 0 Å². The number of hydrogen-bond donors (Lipinski definition) is 3. The fourth-order valence-electron chi connectivity index (χ4n) is 2.30. The minimum Gasteiger partial charge on any atom is -0.494 e. The summed E-state index contributed by atoms with van der Waals surface area (Å²) in [5.41, 5.74) is 0.803. The number of nitriles is 1. The number of unbranched alkanes of at least 4 members (excludes halogenated alkanes) is 3. The maximum Gasteiger partial charge on any atom is 0.209 e. The van der Waals surface area contributed by atoms with Crippen molar-refractivity contribution in [2.24, 2.45) is 4.99 Å². The zero-order valence-corrected chi connectivity index (χ0v) is 15.8. The minimum atomic E-state index is 0.429. The van der Waals surface area contributed by atoms with Gasteiger partial charge in [0.2, 0.25) is 18.4 Å². The Bertz CT molecular complexity index is 755. The Morgan fingerprint density at radius 2 is 1.81 bits per heavy atom. The number of benzene rings is 1. The lowest BCUT2D eigenvalue weighted by Crippen LogP contribution is -2.43. The molecule has 27 heavy (non-hydrogen) atoms. The van der Waals surface area contributed by atoms with Gasteiger partial charge in [-0.2, -0.15) is 5.26 Å². The van der Waals surface area contributed by atoms with Crippen LogP contribution in [-0.2, 0) is 0 Å². The van der Waals surface area contributed by atoms with Crippen LogP contribution < -0.4 is 25.9 Å². The quantitative estimate of drug-likeness (QED) is 0.117. The van der Waals surface area contributed by atoms with Gasteiger partial charge in [-0.3, -0.25) is 10.3 Å². The van der Waals surface area contributed by atoms with E-state index in [1.54, 1.807) is 24.5 Å². The number of rotatable bonds is 9. The van der Waals surface area contributed by atoms with Crippen LogP contribution >= 0.6 is 11.6 Å². The zero-order valence-electron chi connectivity index (χ0n) is 15.1. The van der Waals surface area contributed by atoms with Gasteiger partial charge in [-0.15, -0.1) is 0 Å². The van der Waals surface area contributed by atoms with Crippen LogP contribution in [0, 0.1) is 11.5 Å². The predicted molar refractivity (Wildman–Crippen MR) is 107 cm³/mol. The Morgan fingerprint density at radius 1 is 1.11 bits per heavy atom. The molecule has 2 rings (SSSR count). The second kappa shape index (κ2) is 11.6. The average molecular weight is 388 g/mol. The van der Waals surface area contributed by atoms with Crippen molar-refractivity contribution in [3.8, 4) is 11.9 Å². The number of anilines is 1. The molecule has 0 radical (unpaired) electrons. The van der Waals surface area contributed by atoms with E-state index in [1.807, 2.05) is 30.5 Å². The van der Waals surface area contributed by atoms with E-state index in [-0.39, 0.29) is 0 Å². The van der Waals surface area contributed by atoms with Crippen molar-refractivity contribution in [2.45, 2.75) is 25.7 Å². The van der Waals surface area contributed by atoms with Gasteiger partial charge in [0.1, 0.15) is 5.75 Å². The fraction of sp³-hybridized carbons (Fsp3) is 0.316. The van der Waals surface area contributed by atoms with Gasteiger partial charge in [-0.25, -0.2) is 5.84 Å². The number of ether oxygens (including phenoxy) is 1. The average Bonchev–Trinajstić information content (AvgIpc) is 2.67. The van der Waals surface area contributed by atoms with E-state index >= 15 is 0 Å². The molecule has 0 atom stereocenters. The third-order valence-corrected chi connectivity index (χ3v) is 3.95. The van der Waals surface area contributed by atoms with Crippen LogP contribution in [0.4, 0.5) is 5.69 Å². The molecule has 7 nitrogen and oxygen atoms in total. The number of hydrogen-bond acceptors (Lipinski definition) is 4. The molecule has 0 aliphatic rings. The SMILES string of the molecule is N#CNC(=NCCCCCCOc1ccc(Cl)cc1)Nc1cc[n+](N)cc1. The number of guanidine groups is 1. The first-order chi connectivity index (χ1) is 13.2. The molecule has 1 aromatic carbocycles. The predicted octanol–water partition coefficient (Wildman–Crippen LogP) is 2.82. The molecule has 0 saturated carbocycles. The highest BCUT2D eigenvalue weighted by atomic mass is 35.5. The highest BCUT2D eigenvalue weighted by Gasteiger charge is 2.01. The molecule has 0 aliphatic carbocycles. The first-order valence-corrected chi connectivity index (χ1v) is 9.16. The van der Waals surface area contributed by atoms with Gasteiger partial charge in [-0.05, 0) is 43.5 Å². The number of nitrogen functional groups attached to an aromatic ring is 1. The number of nitrogens with zero attached hydrogens (tertiary/aromatic N) is 3. The topological polar surface area (TPSA) is 99.3 Å². The molecule has 0 fully saturated rings. The molecule has 0 spiro atoms. The number of nitrogens with two attached hydrogens (primary N) is 1. The molecule has 0 amide bonds. The molecular formula is C19H24ClN6O+. The Labute approximate surface area is 164 Å². The van der Waals surface area contributed by atoms with Crippen molar-refractivity contribution in [2.75, 3.05) is 24.3 Å². The summed E-state index contributed by atoms with van der Waals surface area (Å²) in [6.45, 7) is 1.32. The Balaban J connectivity index is 1.61. The molecule has 0 unspecified atom stereocenters. The van der Waals surface area contributed by atoms with E-state index in [1.165, 1.54) is 4.68 Å². The van der Waals surface area contributed by atoms with Crippen molar-refractivity contribution in [1.29, 1.82) is 5.26 Å². The summed E-state index contributed by atoms with van der Waals surface area (Å²) in [7, 11) is 0. The lowest BCUT2D eigenvalue weighted by molar-refractivity contribution is -0.638. The lowest BCUT2D eigenvalue weighted by atomic mass is 10.2. The summed E-state index contributed by atoms with van der Waals surface area (Å²) < 4.78 is 7.10. The van der Waals surface area contributed by atoms with Crippen molar-refractivity contribution >= 4 is 23.2 Å². The summed E-state index contributed by atoms with van der Waals surface area (Å²) in [6.07, 6.45) is 9.34. The van der Waals surface area contributed by atoms with Crippen LogP contribution in [0.25, 0.3) is 0 Å². The van der Waals surface area contributed by atoms with Crippen LogP contribution in [0.3, 0.4) is 0 Å². The second-order valence-electron chi connectivity index (χ2n) is 5.84. The van der Waals surface area contributed by atoms with Gasteiger partial charge in [0.25, 0.3) is 0 Å². The summed E-state index contributed by atoms with van der Waals surface area (Å²) in [4.78, 5) is 4.39. The maximum atomic E-state index is 8.84. The van der Waals surface area contributed by atoms with E-state index in [2.05, 4.69) is 15.6 Å². The summed E-state index contributed by atoms with van der Waals surface area (Å²) in [5, 5.41) is 15.2. The smallest absolute Gasteiger partial charge is 0.209 e. The van der Waals surface area contributed by atoms with E-state index in [0.717, 1.165) is 37.1 Å². The van der Waals surface area contributed by atoms with Crippen LogP contribution in [0.1, 0.15) is 25.7 Å². The molecule has 142 valence electrons. The van der Waals surface area contributed by atoms with Crippen LogP contribution in [0.15, 0.2) is 53.8 Å². The summed E-state index contributed by atoms with van der Waals surface area (Å²) in [5.74, 6) is 6.85. The number of aliphatic imine (C=N–C) groups is 1. The van der Waals surface area contributed by atoms with E-state index in [0.29, 0.717) is 24.1 Å².